The number of anilines is 1. The van der Waals surface area contributed by atoms with Gasteiger partial charge in [-0.05, 0) is 63.0 Å². The van der Waals surface area contributed by atoms with E-state index in [-0.39, 0.29) is 4.90 Å². The number of fused-ring (bicyclic) bond motifs is 2. The first-order valence-electron chi connectivity index (χ1n) is 10.5. The monoisotopic (exact) mass is 483 g/mol. The summed E-state index contributed by atoms with van der Waals surface area (Å²) < 4.78 is 25.7. The smallest absolute Gasteiger partial charge is 0.261 e. The van der Waals surface area contributed by atoms with Gasteiger partial charge >= 0.3 is 0 Å². The molecule has 0 amide bonds. The van der Waals surface area contributed by atoms with Crippen LogP contribution >= 0.6 is 10.7 Å². The first-order chi connectivity index (χ1) is 14.9. The Hall–Kier alpha value is -2.41. The minimum absolute atomic E-state index is 0.111. The van der Waals surface area contributed by atoms with Crippen molar-refractivity contribution in [3.8, 4) is 0 Å². The zero-order chi connectivity index (χ0) is 23.4. The molecule has 0 N–H and O–H groups in total. The molecule has 7 heteroatoms. The Morgan fingerprint density at radius 1 is 0.969 bits per heavy atom. The molecule has 1 aliphatic carbocycles. The molecule has 0 radical (unpaired) electrons. The van der Waals surface area contributed by atoms with E-state index in [4.69, 9.17) is 10.7 Å². The molecule has 32 heavy (non-hydrogen) atoms. The van der Waals surface area contributed by atoms with Crippen molar-refractivity contribution >= 4 is 50.0 Å². The van der Waals surface area contributed by atoms with Gasteiger partial charge in [0.05, 0.1) is 4.90 Å². The number of rotatable bonds is 3. The minimum Gasteiger partial charge on any atom is -0.378 e. The molecule has 0 atom stereocenters. The first-order valence-corrected chi connectivity index (χ1v) is 15.8. The van der Waals surface area contributed by atoms with Crippen LogP contribution in [-0.4, -0.2) is 55.0 Å². The summed E-state index contributed by atoms with van der Waals surface area (Å²) in [5.41, 5.74) is 6.92. The fraction of sp³-hybridized carbons (Fsp3) is 0.240. The largest absolute Gasteiger partial charge is 0.378 e. The van der Waals surface area contributed by atoms with Gasteiger partial charge in [-0.3, -0.25) is 0 Å². The average Bonchev–Trinajstić information content (AvgIpc) is 2.73. The highest BCUT2D eigenvalue weighted by molar-refractivity contribution is 8.13. The molecule has 0 bridgehead atoms. The van der Waals surface area contributed by atoms with Gasteiger partial charge in [0.1, 0.15) is 22.2 Å². The van der Waals surface area contributed by atoms with Gasteiger partial charge in [0, 0.05) is 42.6 Å². The lowest BCUT2D eigenvalue weighted by atomic mass is 9.89. The van der Waals surface area contributed by atoms with E-state index < -0.39 is 17.1 Å². The lowest BCUT2D eigenvalue weighted by molar-refractivity contribution is -0.462. The molecule has 2 aromatic carbocycles. The Labute approximate surface area is 196 Å². The Morgan fingerprint density at radius 2 is 1.62 bits per heavy atom. The standard InChI is InChI=1S/C25H28ClN2O2SSi/c1-27(2)18-9-13-21-23(15-18)32(5,6)24-16-19(28(3)4)10-14-22(24)25(21)17-7-11-20(12-8-17)31(26,29)30/h7-16H,1-6H3/q+1. The van der Waals surface area contributed by atoms with Crippen molar-refractivity contribution in [1.82, 2.24) is 0 Å². The van der Waals surface area contributed by atoms with Crippen LogP contribution < -0.4 is 10.1 Å². The van der Waals surface area contributed by atoms with E-state index in [0.717, 1.165) is 11.1 Å². The normalized spacial score (nSPS) is 17.0. The van der Waals surface area contributed by atoms with Crippen molar-refractivity contribution in [3.63, 3.8) is 0 Å². The Morgan fingerprint density at radius 3 is 2.19 bits per heavy atom. The van der Waals surface area contributed by atoms with Crippen LogP contribution in [0.15, 0.2) is 76.4 Å². The topological polar surface area (TPSA) is 40.4 Å². The summed E-state index contributed by atoms with van der Waals surface area (Å²) in [6.07, 6.45) is 6.69. The predicted octanol–water partition coefficient (Wildman–Crippen LogP) is 4.16. The van der Waals surface area contributed by atoms with E-state index >= 15 is 0 Å². The second-order valence-electron chi connectivity index (χ2n) is 9.21. The Kier molecular flexibility index (Phi) is 5.60. The molecule has 0 unspecified atom stereocenters. The molecule has 0 spiro atoms. The molecular weight excluding hydrogens is 456 g/mol. The fourth-order valence-corrected chi connectivity index (χ4v) is 8.32. The predicted molar refractivity (Wildman–Crippen MR) is 138 cm³/mol. The third kappa shape index (κ3) is 3.81. The van der Waals surface area contributed by atoms with Crippen LogP contribution in [0.5, 0.6) is 0 Å². The van der Waals surface area contributed by atoms with E-state index in [2.05, 4.69) is 87.2 Å². The quantitative estimate of drug-likeness (QED) is 0.374. The summed E-state index contributed by atoms with van der Waals surface area (Å²) >= 11 is 0. The number of hydrogen-bond donors (Lipinski definition) is 0. The van der Waals surface area contributed by atoms with Gasteiger partial charge in [-0.1, -0.05) is 31.3 Å². The highest BCUT2D eigenvalue weighted by atomic mass is 35.7. The van der Waals surface area contributed by atoms with Crippen LogP contribution in [0.2, 0.25) is 13.1 Å². The van der Waals surface area contributed by atoms with E-state index in [9.17, 15) is 8.42 Å². The maximum Gasteiger partial charge on any atom is 0.261 e. The highest BCUT2D eigenvalue weighted by Crippen LogP contribution is 2.42. The maximum atomic E-state index is 11.8. The zero-order valence-electron chi connectivity index (χ0n) is 19.3. The second kappa shape index (κ2) is 7.87. The SMILES string of the molecule is CN(C)c1ccc2c(c1)[Si](C)(C)C1=CC(=[N+](C)C)C=CC1=C2c1ccc(S(=O)(=O)Cl)cc1. The highest BCUT2D eigenvalue weighted by Gasteiger charge is 2.40. The van der Waals surface area contributed by atoms with Crippen LogP contribution in [0.25, 0.3) is 5.57 Å². The molecule has 1 aliphatic heterocycles. The van der Waals surface area contributed by atoms with Crippen molar-refractivity contribution in [2.45, 2.75) is 18.0 Å². The molecule has 0 saturated carbocycles. The van der Waals surface area contributed by atoms with Crippen LogP contribution in [0.4, 0.5) is 5.69 Å². The van der Waals surface area contributed by atoms with Crippen molar-refractivity contribution in [1.29, 1.82) is 0 Å². The lowest BCUT2D eigenvalue weighted by Gasteiger charge is -2.38. The zero-order valence-corrected chi connectivity index (χ0v) is 21.8. The maximum absolute atomic E-state index is 11.8. The van der Waals surface area contributed by atoms with Crippen molar-refractivity contribution < 1.29 is 13.0 Å². The van der Waals surface area contributed by atoms with Gasteiger partial charge < -0.3 is 4.90 Å². The van der Waals surface area contributed by atoms with E-state index in [1.54, 1.807) is 12.1 Å². The number of nitrogens with zero attached hydrogens (tertiary/aromatic N) is 2. The molecule has 2 aliphatic rings. The van der Waals surface area contributed by atoms with Gasteiger partial charge in [0.25, 0.3) is 9.05 Å². The van der Waals surface area contributed by atoms with E-state index in [1.165, 1.54) is 32.9 Å². The number of hydrogen-bond acceptors (Lipinski definition) is 3. The summed E-state index contributed by atoms with van der Waals surface area (Å²) in [6.45, 7) is 4.81. The first kappa shape index (κ1) is 22.8. The van der Waals surface area contributed by atoms with Gasteiger partial charge in [0.15, 0.2) is 5.71 Å². The molecule has 4 rings (SSSR count). The van der Waals surface area contributed by atoms with Gasteiger partial charge in [0.2, 0.25) is 0 Å². The summed E-state index contributed by atoms with van der Waals surface area (Å²) in [4.78, 5) is 2.25. The van der Waals surface area contributed by atoms with Crippen LogP contribution in [0.1, 0.15) is 11.1 Å². The van der Waals surface area contributed by atoms with Crippen molar-refractivity contribution in [3.05, 3.63) is 82.6 Å². The third-order valence-corrected chi connectivity index (χ3v) is 11.2. The van der Waals surface area contributed by atoms with Crippen LogP contribution in [0, 0.1) is 0 Å². The molecule has 4 nitrogen and oxygen atoms in total. The molecule has 1 heterocycles. The fourth-order valence-electron chi connectivity index (χ4n) is 4.48. The molecular formula is C25H28ClN2O2SSi+. The molecule has 2 aromatic rings. The van der Waals surface area contributed by atoms with Gasteiger partial charge in [-0.2, -0.15) is 0 Å². The Bertz CT molecular complexity index is 1340. The van der Waals surface area contributed by atoms with Crippen molar-refractivity contribution in [2.75, 3.05) is 33.1 Å². The average molecular weight is 484 g/mol. The minimum atomic E-state index is -3.76. The summed E-state index contributed by atoms with van der Waals surface area (Å²) in [5, 5.41) is 2.77. The van der Waals surface area contributed by atoms with Crippen molar-refractivity contribution in [2.24, 2.45) is 0 Å². The van der Waals surface area contributed by atoms with Gasteiger partial charge in [-0.25, -0.2) is 13.0 Å². The molecule has 0 saturated heterocycles. The number of halogens is 1. The molecule has 0 fully saturated rings. The van der Waals surface area contributed by atoms with E-state index in [1.807, 2.05) is 12.1 Å². The Balaban J connectivity index is 2.04. The molecule has 166 valence electrons. The summed E-state index contributed by atoms with van der Waals surface area (Å²) in [7, 11) is 8.05. The lowest BCUT2D eigenvalue weighted by Crippen LogP contribution is -2.49. The van der Waals surface area contributed by atoms with E-state index in [0.29, 0.717) is 0 Å². The van der Waals surface area contributed by atoms with Crippen LogP contribution in [0.3, 0.4) is 0 Å². The number of allylic oxidation sites excluding steroid dienone is 5. The van der Waals surface area contributed by atoms with Crippen LogP contribution in [-0.2, 0) is 9.05 Å². The molecule has 0 aromatic heterocycles. The third-order valence-electron chi connectivity index (χ3n) is 6.35. The number of benzene rings is 2. The summed E-state index contributed by atoms with van der Waals surface area (Å²) in [5.74, 6) is 0. The second-order valence-corrected chi connectivity index (χ2v) is 16.1. The summed E-state index contributed by atoms with van der Waals surface area (Å²) in [6, 6.07) is 13.6. The van der Waals surface area contributed by atoms with Gasteiger partial charge in [-0.15, -0.1) is 0 Å².